The van der Waals surface area contributed by atoms with Crippen LogP contribution in [0.1, 0.15) is 44.6 Å². The molecule has 2 fully saturated rings. The van der Waals surface area contributed by atoms with Gasteiger partial charge in [-0.25, -0.2) is 0 Å². The fourth-order valence-corrected chi connectivity index (χ4v) is 4.24. The number of ether oxygens (including phenoxy) is 2. The summed E-state index contributed by atoms with van der Waals surface area (Å²) in [5, 5.41) is 0. The van der Waals surface area contributed by atoms with Crippen molar-refractivity contribution < 1.29 is 19.1 Å². The highest BCUT2D eigenvalue weighted by Gasteiger charge is 2.50. The van der Waals surface area contributed by atoms with Crippen molar-refractivity contribution in [3.63, 3.8) is 0 Å². The van der Waals surface area contributed by atoms with Crippen LogP contribution in [0.4, 0.5) is 0 Å². The smallest absolute Gasteiger partial charge is 0.308 e. The number of hydrogen-bond acceptors (Lipinski definition) is 4. The van der Waals surface area contributed by atoms with Gasteiger partial charge in [0.25, 0.3) is 0 Å². The summed E-state index contributed by atoms with van der Waals surface area (Å²) in [7, 11) is 1.64. The van der Waals surface area contributed by atoms with Gasteiger partial charge >= 0.3 is 5.97 Å². The molecule has 1 aromatic carbocycles. The van der Waals surface area contributed by atoms with Crippen LogP contribution in [0.5, 0.6) is 5.75 Å². The van der Waals surface area contributed by atoms with E-state index in [1.54, 1.807) is 7.11 Å². The molecule has 1 spiro atoms. The van der Waals surface area contributed by atoms with Crippen LogP contribution < -0.4 is 4.74 Å². The van der Waals surface area contributed by atoms with Crippen LogP contribution in [-0.4, -0.2) is 37.0 Å². The third kappa shape index (κ3) is 3.65. The van der Waals surface area contributed by atoms with Crippen LogP contribution in [-0.2, 0) is 20.9 Å². The summed E-state index contributed by atoms with van der Waals surface area (Å²) in [6.07, 6.45) is 4.14. The average molecular weight is 345 g/mol. The minimum absolute atomic E-state index is 0.126. The fourth-order valence-electron chi connectivity index (χ4n) is 4.24. The maximum absolute atomic E-state index is 13.1. The highest BCUT2D eigenvalue weighted by atomic mass is 16.5. The zero-order valence-corrected chi connectivity index (χ0v) is 15.1. The van der Waals surface area contributed by atoms with Crippen LogP contribution in [0, 0.1) is 11.3 Å². The first-order chi connectivity index (χ1) is 12.1. The molecule has 1 saturated carbocycles. The molecular weight excluding hydrogens is 318 g/mol. The summed E-state index contributed by atoms with van der Waals surface area (Å²) in [5.74, 6) is 0.761. The van der Waals surface area contributed by atoms with E-state index >= 15 is 0 Å². The summed E-state index contributed by atoms with van der Waals surface area (Å²) in [4.78, 5) is 27.1. The van der Waals surface area contributed by atoms with Crippen LogP contribution in [0.2, 0.25) is 0 Å². The van der Waals surface area contributed by atoms with E-state index in [0.29, 0.717) is 19.6 Å². The molecule has 2 atom stereocenters. The topological polar surface area (TPSA) is 55.8 Å². The first kappa shape index (κ1) is 17.8. The summed E-state index contributed by atoms with van der Waals surface area (Å²) < 4.78 is 10.4. The maximum Gasteiger partial charge on any atom is 0.308 e. The average Bonchev–Trinajstić information content (AvgIpc) is 2.92. The van der Waals surface area contributed by atoms with E-state index < -0.39 is 0 Å². The van der Waals surface area contributed by atoms with Gasteiger partial charge in [-0.3, -0.25) is 9.59 Å². The number of amides is 1. The Kier molecular flexibility index (Phi) is 5.30. The molecule has 0 N–H and O–H groups in total. The van der Waals surface area contributed by atoms with E-state index in [4.69, 9.17) is 9.47 Å². The molecule has 0 radical (unpaired) electrons. The van der Waals surface area contributed by atoms with Crippen LogP contribution >= 0.6 is 0 Å². The van der Waals surface area contributed by atoms with Gasteiger partial charge in [-0.15, -0.1) is 0 Å². The van der Waals surface area contributed by atoms with Gasteiger partial charge in [-0.05, 0) is 50.3 Å². The first-order valence-corrected chi connectivity index (χ1v) is 9.17. The number of carbonyl (C=O) groups excluding carboxylic acids is 2. The lowest BCUT2D eigenvalue weighted by atomic mass is 9.68. The lowest BCUT2D eigenvalue weighted by Gasteiger charge is -2.35. The number of nitrogens with zero attached hydrogens (tertiary/aromatic N) is 1. The molecule has 3 rings (SSSR count). The monoisotopic (exact) mass is 345 g/mol. The van der Waals surface area contributed by atoms with Gasteiger partial charge in [0, 0.05) is 13.1 Å². The second kappa shape index (κ2) is 7.46. The zero-order valence-electron chi connectivity index (χ0n) is 15.1. The SMILES string of the molecule is CCOC(=O)C1CCC[C@]2(CCN(Cc3ccc(OC)cc3)C2=O)C1. The lowest BCUT2D eigenvalue weighted by molar-refractivity contribution is -0.152. The minimum atomic E-state index is -0.359. The van der Waals surface area contributed by atoms with Gasteiger partial charge in [0.1, 0.15) is 5.75 Å². The highest BCUT2D eigenvalue weighted by molar-refractivity contribution is 5.86. The Labute approximate surface area is 149 Å². The van der Waals surface area contributed by atoms with E-state index in [0.717, 1.165) is 43.5 Å². The Morgan fingerprint density at radius 1 is 1.28 bits per heavy atom. The molecule has 1 heterocycles. The third-order valence-corrected chi connectivity index (χ3v) is 5.60. The van der Waals surface area contributed by atoms with E-state index in [-0.39, 0.29) is 23.2 Å². The van der Waals surface area contributed by atoms with Crippen molar-refractivity contribution in [3.8, 4) is 5.75 Å². The molecule has 136 valence electrons. The van der Waals surface area contributed by atoms with Crippen molar-refractivity contribution in [2.45, 2.75) is 45.6 Å². The number of rotatable bonds is 5. The van der Waals surface area contributed by atoms with Crippen molar-refractivity contribution in [1.29, 1.82) is 0 Å². The number of esters is 1. The molecule has 0 aromatic heterocycles. The van der Waals surface area contributed by atoms with Crippen LogP contribution in [0.25, 0.3) is 0 Å². The molecule has 5 nitrogen and oxygen atoms in total. The lowest BCUT2D eigenvalue weighted by Crippen LogP contribution is -2.40. The molecule has 1 aromatic rings. The molecule has 1 saturated heterocycles. The normalized spacial score (nSPS) is 26.1. The van der Waals surface area contributed by atoms with Gasteiger partial charge in [-0.2, -0.15) is 0 Å². The number of carbonyl (C=O) groups is 2. The molecule has 1 aliphatic heterocycles. The zero-order chi connectivity index (χ0) is 17.9. The summed E-state index contributed by atoms with van der Waals surface area (Å²) in [6.45, 7) is 3.61. The van der Waals surface area contributed by atoms with Crippen LogP contribution in [0.15, 0.2) is 24.3 Å². The summed E-state index contributed by atoms with van der Waals surface area (Å²) in [5.41, 5.74) is 0.742. The van der Waals surface area contributed by atoms with Gasteiger partial charge in [-0.1, -0.05) is 18.6 Å². The molecular formula is C20H27NO4. The molecule has 1 unspecified atom stereocenters. The maximum atomic E-state index is 13.1. The Morgan fingerprint density at radius 3 is 2.72 bits per heavy atom. The van der Waals surface area contributed by atoms with Gasteiger partial charge < -0.3 is 14.4 Å². The quantitative estimate of drug-likeness (QED) is 0.769. The summed E-state index contributed by atoms with van der Waals surface area (Å²) in [6, 6.07) is 7.84. The highest BCUT2D eigenvalue weighted by Crippen LogP contribution is 2.47. The number of likely N-dealkylation sites (tertiary alicyclic amines) is 1. The number of benzene rings is 1. The molecule has 5 heteroatoms. The third-order valence-electron chi connectivity index (χ3n) is 5.60. The van der Waals surface area contributed by atoms with E-state index in [2.05, 4.69) is 0 Å². The molecule has 2 aliphatic rings. The second-order valence-electron chi connectivity index (χ2n) is 7.15. The van der Waals surface area contributed by atoms with Gasteiger partial charge in [0.15, 0.2) is 0 Å². The van der Waals surface area contributed by atoms with Crippen LogP contribution in [0.3, 0.4) is 0 Å². The van der Waals surface area contributed by atoms with Crippen molar-refractivity contribution >= 4 is 11.9 Å². The predicted molar refractivity (Wildman–Crippen MR) is 94.1 cm³/mol. The van der Waals surface area contributed by atoms with E-state index in [9.17, 15) is 9.59 Å². The van der Waals surface area contributed by atoms with Crippen molar-refractivity contribution in [2.24, 2.45) is 11.3 Å². The Hall–Kier alpha value is -2.04. The number of hydrogen-bond donors (Lipinski definition) is 0. The van der Waals surface area contributed by atoms with E-state index in [1.165, 1.54) is 0 Å². The molecule has 1 amide bonds. The van der Waals surface area contributed by atoms with Crippen molar-refractivity contribution in [2.75, 3.05) is 20.3 Å². The predicted octanol–water partition coefficient (Wildman–Crippen LogP) is 3.17. The van der Waals surface area contributed by atoms with Gasteiger partial charge in [0.05, 0.1) is 25.0 Å². The Bertz CT molecular complexity index is 627. The van der Waals surface area contributed by atoms with Gasteiger partial charge in [0.2, 0.25) is 5.91 Å². The second-order valence-corrected chi connectivity index (χ2v) is 7.15. The molecule has 0 bridgehead atoms. The molecule has 25 heavy (non-hydrogen) atoms. The van der Waals surface area contributed by atoms with Crippen molar-refractivity contribution in [1.82, 2.24) is 4.90 Å². The molecule has 1 aliphatic carbocycles. The first-order valence-electron chi connectivity index (χ1n) is 9.17. The van der Waals surface area contributed by atoms with Crippen molar-refractivity contribution in [3.05, 3.63) is 29.8 Å². The fraction of sp³-hybridized carbons (Fsp3) is 0.600. The summed E-state index contributed by atoms with van der Waals surface area (Å²) >= 11 is 0. The van der Waals surface area contributed by atoms with E-state index in [1.807, 2.05) is 36.1 Å². The minimum Gasteiger partial charge on any atom is -0.497 e. The standard InChI is InChI=1S/C20H27NO4/c1-3-25-18(22)16-5-4-10-20(13-16)11-12-21(19(20)23)14-15-6-8-17(24-2)9-7-15/h6-9,16H,3-5,10-14H2,1-2H3/t16?,20-/m0/s1. The Morgan fingerprint density at radius 2 is 2.04 bits per heavy atom. The largest absolute Gasteiger partial charge is 0.497 e. The Balaban J connectivity index is 1.66. The number of methoxy groups -OCH3 is 1.